The zero-order valence-corrected chi connectivity index (χ0v) is 15.5. The van der Waals surface area contributed by atoms with Gasteiger partial charge in [-0.1, -0.05) is 60.7 Å². The Kier molecular flexibility index (Phi) is 6.67. The van der Waals surface area contributed by atoms with E-state index in [0.717, 1.165) is 38.9 Å². The summed E-state index contributed by atoms with van der Waals surface area (Å²) in [4.78, 5) is 16.4. The molecule has 138 valence electrons. The summed E-state index contributed by atoms with van der Waals surface area (Å²) in [7, 11) is 2.13. The van der Waals surface area contributed by atoms with Gasteiger partial charge < -0.3 is 14.5 Å². The summed E-state index contributed by atoms with van der Waals surface area (Å²) in [5.41, 5.74) is 2.52. The zero-order valence-electron chi connectivity index (χ0n) is 15.5. The molecule has 0 radical (unpaired) electrons. The Morgan fingerprint density at radius 2 is 1.73 bits per heavy atom. The molecule has 1 aliphatic heterocycles. The number of hydrogen-bond acceptors (Lipinski definition) is 3. The Labute approximate surface area is 156 Å². The third-order valence-electron chi connectivity index (χ3n) is 4.98. The van der Waals surface area contributed by atoms with Crippen LogP contribution in [0.15, 0.2) is 60.7 Å². The SMILES string of the molecule is CN(CC[C@@H]1CCN1C(=O)OCCc1ccccc1)Cc1ccccc1. The largest absolute Gasteiger partial charge is 0.449 e. The first-order valence-corrected chi connectivity index (χ1v) is 9.42. The lowest BCUT2D eigenvalue weighted by atomic mass is 10.0. The van der Waals surface area contributed by atoms with Gasteiger partial charge >= 0.3 is 6.09 Å². The van der Waals surface area contributed by atoms with Crippen LogP contribution in [0.25, 0.3) is 0 Å². The van der Waals surface area contributed by atoms with E-state index in [9.17, 15) is 4.79 Å². The predicted octanol–water partition coefficient (Wildman–Crippen LogP) is 3.96. The lowest BCUT2D eigenvalue weighted by molar-refractivity contribution is 0.0423. The van der Waals surface area contributed by atoms with Gasteiger partial charge in [0, 0.05) is 32.1 Å². The summed E-state index contributed by atoms with van der Waals surface area (Å²) < 4.78 is 5.46. The van der Waals surface area contributed by atoms with Gasteiger partial charge in [-0.25, -0.2) is 4.79 Å². The van der Waals surface area contributed by atoms with E-state index in [-0.39, 0.29) is 6.09 Å². The Balaban J connectivity index is 1.35. The smallest absolute Gasteiger partial charge is 0.410 e. The van der Waals surface area contributed by atoms with Gasteiger partial charge in [0.05, 0.1) is 6.61 Å². The third kappa shape index (κ3) is 5.33. The molecule has 4 heteroatoms. The molecule has 0 aliphatic carbocycles. The fraction of sp³-hybridized carbons (Fsp3) is 0.409. The molecule has 0 spiro atoms. The molecule has 2 aromatic rings. The molecule has 1 heterocycles. The highest BCUT2D eigenvalue weighted by Gasteiger charge is 2.32. The summed E-state index contributed by atoms with van der Waals surface area (Å²) in [5.74, 6) is 0. The van der Waals surface area contributed by atoms with Crippen molar-refractivity contribution in [3.05, 3.63) is 71.8 Å². The van der Waals surface area contributed by atoms with Crippen LogP contribution in [0.2, 0.25) is 0 Å². The maximum absolute atomic E-state index is 12.3. The lowest BCUT2D eigenvalue weighted by Crippen LogP contribution is -2.52. The number of carbonyl (C=O) groups excluding carboxylic acids is 1. The van der Waals surface area contributed by atoms with Crippen molar-refractivity contribution >= 4 is 6.09 Å². The molecule has 0 unspecified atom stereocenters. The van der Waals surface area contributed by atoms with Crippen LogP contribution in [-0.4, -0.2) is 48.7 Å². The zero-order chi connectivity index (χ0) is 18.2. The summed E-state index contributed by atoms with van der Waals surface area (Å²) in [5, 5.41) is 0. The van der Waals surface area contributed by atoms with Gasteiger partial charge in [0.25, 0.3) is 0 Å². The van der Waals surface area contributed by atoms with E-state index in [2.05, 4.69) is 48.3 Å². The average Bonchev–Trinajstić information content (AvgIpc) is 2.62. The second kappa shape index (κ2) is 9.39. The van der Waals surface area contributed by atoms with Gasteiger partial charge in [-0.05, 0) is 31.0 Å². The Hall–Kier alpha value is -2.33. The predicted molar refractivity (Wildman–Crippen MR) is 104 cm³/mol. The minimum absolute atomic E-state index is 0.164. The molecular weight excluding hydrogens is 324 g/mol. The number of ether oxygens (including phenoxy) is 1. The van der Waals surface area contributed by atoms with Crippen molar-refractivity contribution in [1.82, 2.24) is 9.80 Å². The lowest BCUT2D eigenvalue weighted by Gasteiger charge is -2.40. The van der Waals surface area contributed by atoms with Gasteiger partial charge in [0.15, 0.2) is 0 Å². The van der Waals surface area contributed by atoms with Crippen LogP contribution in [0.4, 0.5) is 4.79 Å². The number of carbonyl (C=O) groups is 1. The van der Waals surface area contributed by atoms with Crippen LogP contribution < -0.4 is 0 Å². The molecule has 1 saturated heterocycles. The maximum atomic E-state index is 12.3. The Morgan fingerprint density at radius 1 is 1.08 bits per heavy atom. The molecule has 0 N–H and O–H groups in total. The first-order valence-electron chi connectivity index (χ1n) is 9.42. The van der Waals surface area contributed by atoms with Crippen LogP contribution in [0.3, 0.4) is 0 Å². The van der Waals surface area contributed by atoms with Gasteiger partial charge in [-0.2, -0.15) is 0 Å². The molecule has 1 aliphatic rings. The fourth-order valence-electron chi connectivity index (χ4n) is 3.31. The first kappa shape index (κ1) is 18.5. The van der Waals surface area contributed by atoms with Crippen molar-refractivity contribution in [3.8, 4) is 0 Å². The fourth-order valence-corrected chi connectivity index (χ4v) is 3.31. The van der Waals surface area contributed by atoms with Crippen LogP contribution >= 0.6 is 0 Å². The second-order valence-corrected chi connectivity index (χ2v) is 7.00. The Bertz CT molecular complexity index is 675. The molecule has 2 aromatic carbocycles. The number of nitrogens with zero attached hydrogens (tertiary/aromatic N) is 2. The molecule has 1 fully saturated rings. The maximum Gasteiger partial charge on any atom is 0.410 e. The van der Waals surface area contributed by atoms with Crippen molar-refractivity contribution in [2.24, 2.45) is 0 Å². The highest BCUT2D eigenvalue weighted by Crippen LogP contribution is 2.22. The summed E-state index contributed by atoms with van der Waals surface area (Å²) >= 11 is 0. The van der Waals surface area contributed by atoms with Crippen molar-refractivity contribution in [2.45, 2.75) is 31.8 Å². The van der Waals surface area contributed by atoms with Crippen molar-refractivity contribution < 1.29 is 9.53 Å². The molecule has 0 saturated carbocycles. The molecule has 0 aromatic heterocycles. The van der Waals surface area contributed by atoms with Crippen LogP contribution in [0.5, 0.6) is 0 Å². The average molecular weight is 352 g/mol. The monoisotopic (exact) mass is 352 g/mol. The molecule has 3 rings (SSSR count). The summed E-state index contributed by atoms with van der Waals surface area (Å²) in [6, 6.07) is 20.9. The number of likely N-dealkylation sites (tertiary alicyclic amines) is 1. The minimum Gasteiger partial charge on any atom is -0.449 e. The molecular formula is C22H28N2O2. The molecule has 1 atom stereocenters. The van der Waals surface area contributed by atoms with E-state index >= 15 is 0 Å². The Morgan fingerprint density at radius 3 is 2.35 bits per heavy atom. The third-order valence-corrected chi connectivity index (χ3v) is 4.98. The van der Waals surface area contributed by atoms with E-state index in [1.54, 1.807) is 0 Å². The van der Waals surface area contributed by atoms with E-state index in [1.807, 2.05) is 29.2 Å². The van der Waals surface area contributed by atoms with Crippen LogP contribution in [0.1, 0.15) is 24.0 Å². The van der Waals surface area contributed by atoms with E-state index < -0.39 is 0 Å². The first-order chi connectivity index (χ1) is 12.7. The van der Waals surface area contributed by atoms with E-state index in [1.165, 1.54) is 11.1 Å². The quantitative estimate of drug-likeness (QED) is 0.721. The molecule has 1 amide bonds. The topological polar surface area (TPSA) is 32.8 Å². The number of rotatable bonds is 8. The highest BCUT2D eigenvalue weighted by atomic mass is 16.6. The number of amides is 1. The van der Waals surface area contributed by atoms with Crippen molar-refractivity contribution in [3.63, 3.8) is 0 Å². The normalized spacial score (nSPS) is 16.4. The second-order valence-electron chi connectivity index (χ2n) is 7.00. The van der Waals surface area contributed by atoms with Gasteiger partial charge in [0.2, 0.25) is 0 Å². The van der Waals surface area contributed by atoms with Crippen molar-refractivity contribution in [1.29, 1.82) is 0 Å². The molecule has 4 nitrogen and oxygen atoms in total. The van der Waals surface area contributed by atoms with E-state index in [4.69, 9.17) is 4.74 Å². The van der Waals surface area contributed by atoms with Gasteiger partial charge in [-0.15, -0.1) is 0 Å². The van der Waals surface area contributed by atoms with Crippen LogP contribution in [0, 0.1) is 0 Å². The van der Waals surface area contributed by atoms with Crippen molar-refractivity contribution in [2.75, 3.05) is 26.7 Å². The van der Waals surface area contributed by atoms with Gasteiger partial charge in [-0.3, -0.25) is 0 Å². The highest BCUT2D eigenvalue weighted by molar-refractivity contribution is 5.69. The molecule has 0 bridgehead atoms. The van der Waals surface area contributed by atoms with Crippen LogP contribution in [-0.2, 0) is 17.7 Å². The minimum atomic E-state index is -0.164. The van der Waals surface area contributed by atoms with E-state index in [0.29, 0.717) is 12.6 Å². The number of benzene rings is 2. The van der Waals surface area contributed by atoms with Gasteiger partial charge in [0.1, 0.15) is 0 Å². The number of hydrogen-bond donors (Lipinski definition) is 0. The molecule has 26 heavy (non-hydrogen) atoms. The summed E-state index contributed by atoms with van der Waals surface area (Å²) in [6.45, 7) is 3.18. The summed E-state index contributed by atoms with van der Waals surface area (Å²) in [6.07, 6.45) is 2.68. The standard InChI is InChI=1S/C22H28N2O2/c1-23(18-20-10-6-3-7-11-20)15-12-21-13-16-24(21)22(25)26-17-14-19-8-4-2-5-9-19/h2-11,21H,12-18H2,1H3/t21-/m1/s1.